The van der Waals surface area contributed by atoms with Gasteiger partial charge in [-0.25, -0.2) is 0 Å². The van der Waals surface area contributed by atoms with E-state index in [2.05, 4.69) is 0 Å². The molecule has 0 N–H and O–H groups in total. The minimum Gasteiger partial charge on any atom is -0.493 e. The second-order valence-electron chi connectivity index (χ2n) is 5.13. The van der Waals surface area contributed by atoms with Crippen LogP contribution in [-0.4, -0.2) is 36.3 Å². The molecule has 0 spiro atoms. The van der Waals surface area contributed by atoms with Gasteiger partial charge in [0.05, 0.1) is 19.1 Å². The van der Waals surface area contributed by atoms with Crippen molar-refractivity contribution in [1.29, 1.82) is 0 Å². The number of hydrogen-bond acceptors (Lipinski definition) is 3. The highest BCUT2D eigenvalue weighted by Gasteiger charge is 2.32. The smallest absolute Gasteiger partial charge is 0.230 e. The maximum Gasteiger partial charge on any atom is 0.230 e. The van der Waals surface area contributed by atoms with Crippen molar-refractivity contribution in [2.24, 2.45) is 0 Å². The summed E-state index contributed by atoms with van der Waals surface area (Å²) in [7, 11) is 0. The molecular weight excluding hydrogens is 242 g/mol. The van der Waals surface area contributed by atoms with Crippen molar-refractivity contribution in [1.82, 2.24) is 4.90 Å². The Kier molecular flexibility index (Phi) is 3.23. The largest absolute Gasteiger partial charge is 0.493 e. The van der Waals surface area contributed by atoms with E-state index in [1.165, 1.54) is 0 Å². The minimum absolute atomic E-state index is 0.0730. The number of para-hydroxylation sites is 1. The third-order valence-corrected chi connectivity index (χ3v) is 3.82. The van der Waals surface area contributed by atoms with Crippen molar-refractivity contribution in [2.45, 2.75) is 25.2 Å². The van der Waals surface area contributed by atoms with Crippen molar-refractivity contribution in [3.05, 3.63) is 29.8 Å². The van der Waals surface area contributed by atoms with Crippen LogP contribution in [0.4, 0.5) is 0 Å². The number of fused-ring (bicyclic) bond motifs is 1. The Morgan fingerprint density at radius 3 is 3.00 bits per heavy atom. The first-order valence-corrected chi connectivity index (χ1v) is 6.78. The molecule has 1 amide bonds. The Labute approximate surface area is 112 Å². The molecule has 1 fully saturated rings. The lowest BCUT2D eigenvalue weighted by atomic mass is 9.91. The van der Waals surface area contributed by atoms with Crippen LogP contribution in [0.1, 0.15) is 30.7 Å². The summed E-state index contributed by atoms with van der Waals surface area (Å²) in [5, 5.41) is 0. The molecule has 19 heavy (non-hydrogen) atoms. The highest BCUT2D eigenvalue weighted by Crippen LogP contribution is 2.34. The average molecular weight is 259 g/mol. The first-order chi connectivity index (χ1) is 9.25. The zero-order chi connectivity index (χ0) is 13.2. The average Bonchev–Trinajstić information content (AvgIpc) is 2.46. The normalized spacial score (nSPS) is 22.6. The highest BCUT2D eigenvalue weighted by atomic mass is 16.5. The molecule has 4 nitrogen and oxygen atoms in total. The summed E-state index contributed by atoms with van der Waals surface area (Å²) in [5.74, 6) is 0.884. The van der Waals surface area contributed by atoms with Gasteiger partial charge >= 0.3 is 0 Å². The summed E-state index contributed by atoms with van der Waals surface area (Å²) in [4.78, 5) is 25.8. The Morgan fingerprint density at radius 1 is 1.32 bits per heavy atom. The zero-order valence-corrected chi connectivity index (χ0v) is 10.8. The molecule has 100 valence electrons. The van der Waals surface area contributed by atoms with Crippen LogP contribution in [0.5, 0.6) is 5.75 Å². The fourth-order valence-electron chi connectivity index (χ4n) is 2.85. The van der Waals surface area contributed by atoms with Crippen molar-refractivity contribution < 1.29 is 14.3 Å². The summed E-state index contributed by atoms with van der Waals surface area (Å²) in [6, 6.07) is 7.68. The fraction of sp³-hybridized carbons (Fsp3) is 0.467. The molecule has 2 aliphatic rings. The number of rotatable bonds is 1. The topological polar surface area (TPSA) is 46.6 Å². The van der Waals surface area contributed by atoms with Crippen LogP contribution in [0, 0.1) is 0 Å². The van der Waals surface area contributed by atoms with Gasteiger partial charge in [-0.1, -0.05) is 18.2 Å². The van der Waals surface area contributed by atoms with Crippen LogP contribution < -0.4 is 4.74 Å². The third-order valence-electron chi connectivity index (χ3n) is 3.82. The standard InChI is InChI=1S/C15H17NO3/c17-11-4-3-8-16(10-11)15(18)13-7-9-19-14-6-2-1-5-12(13)14/h1-2,5-6,13H,3-4,7-10H2. The van der Waals surface area contributed by atoms with Crippen LogP contribution in [0.2, 0.25) is 0 Å². The van der Waals surface area contributed by atoms with Gasteiger partial charge < -0.3 is 9.64 Å². The molecule has 0 saturated carbocycles. The van der Waals surface area contributed by atoms with E-state index in [0.717, 1.165) is 17.7 Å². The quantitative estimate of drug-likeness (QED) is 0.772. The first-order valence-electron chi connectivity index (χ1n) is 6.78. The number of carbonyl (C=O) groups excluding carboxylic acids is 2. The Bertz CT molecular complexity index is 512. The maximum atomic E-state index is 12.6. The predicted molar refractivity (Wildman–Crippen MR) is 70.1 cm³/mol. The summed E-state index contributed by atoms with van der Waals surface area (Å²) >= 11 is 0. The lowest BCUT2D eigenvalue weighted by molar-refractivity contribution is -0.139. The number of amides is 1. The van der Waals surface area contributed by atoms with Crippen molar-refractivity contribution in [3.8, 4) is 5.75 Å². The van der Waals surface area contributed by atoms with Gasteiger partial charge in [-0.3, -0.25) is 9.59 Å². The third kappa shape index (κ3) is 2.35. The van der Waals surface area contributed by atoms with Crippen molar-refractivity contribution in [2.75, 3.05) is 19.7 Å². The number of ketones is 1. The number of nitrogens with zero attached hydrogens (tertiary/aromatic N) is 1. The van der Waals surface area contributed by atoms with Crippen molar-refractivity contribution in [3.63, 3.8) is 0 Å². The van der Waals surface area contributed by atoms with Crippen molar-refractivity contribution >= 4 is 11.7 Å². The second kappa shape index (κ2) is 5.03. The van der Waals surface area contributed by atoms with Gasteiger partial charge in [0, 0.05) is 18.5 Å². The molecule has 2 heterocycles. The molecule has 0 radical (unpaired) electrons. The van der Waals surface area contributed by atoms with Gasteiger partial charge in [0.15, 0.2) is 5.78 Å². The fourth-order valence-corrected chi connectivity index (χ4v) is 2.85. The second-order valence-corrected chi connectivity index (χ2v) is 5.13. The molecule has 3 rings (SSSR count). The predicted octanol–water partition coefficient (Wildman–Crippen LogP) is 1.74. The molecule has 0 bridgehead atoms. The SMILES string of the molecule is O=C1CCCN(C(=O)C2CCOc3ccccc32)C1. The molecule has 1 unspecified atom stereocenters. The number of carbonyl (C=O) groups is 2. The lowest BCUT2D eigenvalue weighted by Crippen LogP contribution is -2.43. The summed E-state index contributed by atoms with van der Waals surface area (Å²) in [6.45, 7) is 1.54. The van der Waals surface area contributed by atoms with E-state index in [0.29, 0.717) is 26.0 Å². The highest BCUT2D eigenvalue weighted by molar-refractivity contribution is 5.90. The molecular formula is C15H17NO3. The number of hydrogen-bond donors (Lipinski definition) is 0. The summed E-state index contributed by atoms with van der Waals surface area (Å²) in [5.41, 5.74) is 0.955. The van der Waals surface area contributed by atoms with Crippen LogP contribution in [0.15, 0.2) is 24.3 Å². The van der Waals surface area contributed by atoms with Gasteiger partial charge in [0.2, 0.25) is 5.91 Å². The number of Topliss-reactive ketones (excluding diaryl/α,β-unsaturated/α-hetero) is 1. The Morgan fingerprint density at radius 2 is 2.16 bits per heavy atom. The molecule has 4 heteroatoms. The van der Waals surface area contributed by atoms with Gasteiger partial charge in [-0.15, -0.1) is 0 Å². The molecule has 1 saturated heterocycles. The van der Waals surface area contributed by atoms with E-state index in [-0.39, 0.29) is 24.2 Å². The van der Waals surface area contributed by atoms with Crippen LogP contribution in [-0.2, 0) is 9.59 Å². The molecule has 1 aromatic rings. The number of likely N-dealkylation sites (tertiary alicyclic amines) is 1. The summed E-state index contributed by atoms with van der Waals surface area (Å²) in [6.07, 6.45) is 2.09. The van der Waals surface area contributed by atoms with Gasteiger partial charge in [0.1, 0.15) is 5.75 Å². The van der Waals surface area contributed by atoms with E-state index in [1.54, 1.807) is 4.90 Å². The molecule has 0 aromatic heterocycles. The van der Waals surface area contributed by atoms with Crippen LogP contribution in [0.3, 0.4) is 0 Å². The van der Waals surface area contributed by atoms with Gasteiger partial charge in [0.25, 0.3) is 0 Å². The molecule has 1 aromatic carbocycles. The van der Waals surface area contributed by atoms with Crippen LogP contribution in [0.25, 0.3) is 0 Å². The number of piperidine rings is 1. The van der Waals surface area contributed by atoms with E-state index < -0.39 is 0 Å². The van der Waals surface area contributed by atoms with Gasteiger partial charge in [-0.2, -0.15) is 0 Å². The monoisotopic (exact) mass is 259 g/mol. The van der Waals surface area contributed by atoms with Crippen LogP contribution >= 0.6 is 0 Å². The van der Waals surface area contributed by atoms with E-state index in [9.17, 15) is 9.59 Å². The molecule has 1 atom stereocenters. The molecule has 0 aliphatic carbocycles. The minimum atomic E-state index is -0.157. The molecule has 2 aliphatic heterocycles. The number of benzene rings is 1. The Hall–Kier alpha value is -1.84. The maximum absolute atomic E-state index is 12.6. The van der Waals surface area contributed by atoms with Gasteiger partial charge in [-0.05, 0) is 18.9 Å². The number of ether oxygens (including phenoxy) is 1. The zero-order valence-electron chi connectivity index (χ0n) is 10.8. The van der Waals surface area contributed by atoms with E-state index in [1.807, 2.05) is 24.3 Å². The first kappa shape index (κ1) is 12.2. The van der Waals surface area contributed by atoms with E-state index in [4.69, 9.17) is 4.74 Å². The summed E-state index contributed by atoms with van der Waals surface area (Å²) < 4.78 is 5.57. The lowest BCUT2D eigenvalue weighted by Gasteiger charge is -2.32. The van der Waals surface area contributed by atoms with E-state index >= 15 is 0 Å². The Balaban J connectivity index is 1.83.